The molecule has 4 rings (SSSR count). The van der Waals surface area contributed by atoms with Crippen LogP contribution in [0.5, 0.6) is 0 Å². The molecule has 1 fully saturated rings. The smallest absolute Gasteiger partial charge is 0.244 e. The van der Waals surface area contributed by atoms with Gasteiger partial charge in [0.1, 0.15) is 5.84 Å². The highest BCUT2D eigenvalue weighted by Crippen LogP contribution is 2.26. The number of nitrogens with two attached hydrogens (primary N) is 1. The summed E-state index contributed by atoms with van der Waals surface area (Å²) in [5.74, 6) is -0.739. The second kappa shape index (κ2) is 8.93. The van der Waals surface area contributed by atoms with Crippen molar-refractivity contribution in [2.45, 2.75) is 11.8 Å². The molecule has 3 aromatic rings. The van der Waals surface area contributed by atoms with E-state index >= 15 is 0 Å². The molecule has 0 radical (unpaired) electrons. The van der Waals surface area contributed by atoms with Crippen molar-refractivity contribution in [3.63, 3.8) is 0 Å². The fourth-order valence-corrected chi connectivity index (χ4v) is 5.30. The van der Waals surface area contributed by atoms with E-state index in [0.717, 1.165) is 10.8 Å². The summed E-state index contributed by atoms with van der Waals surface area (Å²) >= 11 is 6.00. The maximum Gasteiger partial charge on any atom is 0.244 e. The van der Waals surface area contributed by atoms with Gasteiger partial charge in [-0.25, -0.2) is 8.42 Å². The van der Waals surface area contributed by atoms with Crippen molar-refractivity contribution in [1.82, 2.24) is 4.31 Å². The van der Waals surface area contributed by atoms with Crippen LogP contribution in [0.25, 0.3) is 10.8 Å². The fraction of sp³-hybridized carbons (Fsp3) is 0.174. The van der Waals surface area contributed by atoms with Crippen LogP contribution in [0, 0.1) is 0 Å². The molecule has 0 atom stereocenters. The summed E-state index contributed by atoms with van der Waals surface area (Å²) in [7, 11) is -3.86. The molecule has 0 unspecified atom stereocenters. The van der Waals surface area contributed by atoms with Crippen LogP contribution in [0.2, 0.25) is 5.02 Å². The number of amides is 2. The van der Waals surface area contributed by atoms with Gasteiger partial charge in [0, 0.05) is 36.3 Å². The lowest BCUT2D eigenvalue weighted by Gasteiger charge is -2.33. The van der Waals surface area contributed by atoms with Gasteiger partial charge < -0.3 is 10.6 Å². The summed E-state index contributed by atoms with van der Waals surface area (Å²) in [5, 5.41) is 2.14. The number of amidine groups is 1. The maximum absolute atomic E-state index is 13.2. The van der Waals surface area contributed by atoms with E-state index in [1.165, 1.54) is 22.2 Å². The first-order chi connectivity index (χ1) is 15.6. The van der Waals surface area contributed by atoms with Crippen LogP contribution in [-0.4, -0.2) is 50.0 Å². The molecule has 0 spiro atoms. The first kappa shape index (κ1) is 22.9. The molecule has 0 saturated carbocycles. The number of aliphatic imine (C=N–C) groups is 1. The molecule has 33 heavy (non-hydrogen) atoms. The van der Waals surface area contributed by atoms with Gasteiger partial charge in [0.15, 0.2) is 0 Å². The molecule has 1 heterocycles. The molecule has 1 aliphatic heterocycles. The van der Waals surface area contributed by atoms with Crippen molar-refractivity contribution in [3.8, 4) is 0 Å². The Kier molecular flexibility index (Phi) is 6.20. The van der Waals surface area contributed by atoms with Crippen LogP contribution < -0.4 is 10.6 Å². The standard InChI is InChI=1S/C23H21ClN4O4S/c1-15(29)26-23(25)18-3-2-4-20(12-18)28-10-9-27(14-22(28)30)33(31,32)21-8-6-16-11-19(24)7-5-17(16)13-21/h2-8,11-13H,9-10,14H2,1H3,(H2,25,26,29). The molecular formula is C23H21ClN4O4S. The monoisotopic (exact) mass is 484 g/mol. The first-order valence-electron chi connectivity index (χ1n) is 10.1. The number of rotatable bonds is 4. The normalized spacial score (nSPS) is 15.8. The van der Waals surface area contributed by atoms with Crippen LogP contribution in [0.3, 0.4) is 0 Å². The van der Waals surface area contributed by atoms with Crippen molar-refractivity contribution in [2.24, 2.45) is 10.7 Å². The summed E-state index contributed by atoms with van der Waals surface area (Å²) < 4.78 is 27.6. The molecule has 2 amide bonds. The van der Waals surface area contributed by atoms with Gasteiger partial charge in [-0.2, -0.15) is 9.30 Å². The molecule has 0 bridgehead atoms. The van der Waals surface area contributed by atoms with Crippen LogP contribution >= 0.6 is 11.6 Å². The third-order valence-electron chi connectivity index (χ3n) is 5.33. The lowest BCUT2D eigenvalue weighted by atomic mass is 10.1. The summed E-state index contributed by atoms with van der Waals surface area (Å²) in [4.78, 5) is 29.4. The molecule has 2 N–H and O–H groups in total. The Morgan fingerprint density at radius 3 is 2.48 bits per heavy atom. The van der Waals surface area contributed by atoms with E-state index in [9.17, 15) is 18.0 Å². The van der Waals surface area contributed by atoms with Crippen LogP contribution in [0.4, 0.5) is 5.69 Å². The van der Waals surface area contributed by atoms with Gasteiger partial charge in [-0.05, 0) is 47.2 Å². The second-order valence-electron chi connectivity index (χ2n) is 7.60. The fourth-order valence-electron chi connectivity index (χ4n) is 3.70. The number of carbonyl (C=O) groups excluding carboxylic acids is 2. The minimum atomic E-state index is -3.86. The Balaban J connectivity index is 1.55. The molecule has 1 saturated heterocycles. The summed E-state index contributed by atoms with van der Waals surface area (Å²) in [5.41, 5.74) is 6.91. The molecule has 3 aromatic carbocycles. The van der Waals surface area contributed by atoms with Gasteiger partial charge in [0.25, 0.3) is 0 Å². The van der Waals surface area contributed by atoms with Gasteiger partial charge >= 0.3 is 0 Å². The summed E-state index contributed by atoms with van der Waals surface area (Å²) in [6.45, 7) is 1.31. The van der Waals surface area contributed by atoms with Crippen molar-refractivity contribution in [3.05, 3.63) is 71.2 Å². The lowest BCUT2D eigenvalue weighted by Crippen LogP contribution is -2.52. The van der Waals surface area contributed by atoms with Crippen molar-refractivity contribution in [1.29, 1.82) is 0 Å². The van der Waals surface area contributed by atoms with E-state index in [-0.39, 0.29) is 36.3 Å². The highest BCUT2D eigenvalue weighted by molar-refractivity contribution is 7.89. The summed E-state index contributed by atoms with van der Waals surface area (Å²) in [6.07, 6.45) is 0. The van der Waals surface area contributed by atoms with Crippen molar-refractivity contribution < 1.29 is 18.0 Å². The predicted molar refractivity (Wildman–Crippen MR) is 128 cm³/mol. The maximum atomic E-state index is 13.2. The molecule has 1 aliphatic rings. The highest BCUT2D eigenvalue weighted by atomic mass is 35.5. The quantitative estimate of drug-likeness (QED) is 0.452. The number of benzene rings is 3. The van der Waals surface area contributed by atoms with Crippen LogP contribution in [0.1, 0.15) is 12.5 Å². The zero-order valence-corrected chi connectivity index (χ0v) is 19.3. The van der Waals surface area contributed by atoms with Gasteiger partial charge in [0.05, 0.1) is 11.4 Å². The second-order valence-corrected chi connectivity index (χ2v) is 9.98. The number of anilines is 1. The van der Waals surface area contributed by atoms with E-state index in [0.29, 0.717) is 16.3 Å². The lowest BCUT2D eigenvalue weighted by molar-refractivity contribution is -0.120. The first-order valence-corrected chi connectivity index (χ1v) is 11.9. The van der Waals surface area contributed by atoms with Gasteiger partial charge in [-0.3, -0.25) is 9.59 Å². The topological polar surface area (TPSA) is 113 Å². The molecule has 10 heteroatoms. The Morgan fingerprint density at radius 1 is 1.03 bits per heavy atom. The Labute approximate surface area is 196 Å². The Morgan fingerprint density at radius 2 is 1.76 bits per heavy atom. The van der Waals surface area contributed by atoms with E-state index in [4.69, 9.17) is 17.3 Å². The number of hydrogen-bond donors (Lipinski definition) is 1. The molecule has 170 valence electrons. The zero-order chi connectivity index (χ0) is 23.8. The largest absolute Gasteiger partial charge is 0.383 e. The van der Waals surface area contributed by atoms with Gasteiger partial charge in [-0.15, -0.1) is 0 Å². The number of piperazine rings is 1. The van der Waals surface area contributed by atoms with E-state index in [1.807, 2.05) is 0 Å². The number of halogens is 1. The van der Waals surface area contributed by atoms with Gasteiger partial charge in [0.2, 0.25) is 21.8 Å². The molecule has 0 aromatic heterocycles. The minimum absolute atomic E-state index is 0.0515. The number of nitrogens with zero attached hydrogens (tertiary/aromatic N) is 3. The van der Waals surface area contributed by atoms with Crippen LogP contribution in [-0.2, 0) is 19.6 Å². The molecular weight excluding hydrogens is 464 g/mol. The average Bonchev–Trinajstić information content (AvgIpc) is 2.78. The number of fused-ring (bicyclic) bond motifs is 1. The third-order valence-corrected chi connectivity index (χ3v) is 7.40. The zero-order valence-electron chi connectivity index (χ0n) is 17.7. The Hall–Kier alpha value is -3.27. The van der Waals surface area contributed by atoms with E-state index in [1.54, 1.807) is 54.6 Å². The van der Waals surface area contributed by atoms with E-state index < -0.39 is 15.9 Å². The van der Waals surface area contributed by atoms with E-state index in [2.05, 4.69) is 4.99 Å². The Bertz CT molecular complexity index is 1400. The van der Waals surface area contributed by atoms with Gasteiger partial charge in [-0.1, -0.05) is 35.9 Å². The number of hydrogen-bond acceptors (Lipinski definition) is 4. The molecule has 8 nitrogen and oxygen atoms in total. The van der Waals surface area contributed by atoms with Crippen LogP contribution in [0.15, 0.2) is 70.6 Å². The number of carbonyl (C=O) groups is 2. The van der Waals surface area contributed by atoms with Crippen molar-refractivity contribution >= 4 is 55.7 Å². The SMILES string of the molecule is CC(=O)N=C(N)c1cccc(N2CCN(S(=O)(=O)c3ccc4cc(Cl)ccc4c3)CC2=O)c1. The summed E-state index contributed by atoms with van der Waals surface area (Å²) in [6, 6.07) is 16.8. The predicted octanol–water partition coefficient (Wildman–Crippen LogP) is 2.78. The van der Waals surface area contributed by atoms with Crippen molar-refractivity contribution in [2.75, 3.05) is 24.5 Å². The number of sulfonamides is 1. The highest BCUT2D eigenvalue weighted by Gasteiger charge is 2.33. The minimum Gasteiger partial charge on any atom is -0.383 e. The third kappa shape index (κ3) is 4.75. The molecule has 0 aliphatic carbocycles. The average molecular weight is 485 g/mol.